The van der Waals surface area contributed by atoms with Crippen LogP contribution >= 0.6 is 15.9 Å². The molecule has 0 unspecified atom stereocenters. The highest BCUT2D eigenvalue weighted by Gasteiger charge is 2.14. The van der Waals surface area contributed by atoms with Crippen LogP contribution in [0, 0.1) is 0 Å². The second-order valence-corrected chi connectivity index (χ2v) is 7.92. The third-order valence-corrected chi connectivity index (χ3v) is 5.04. The number of fused-ring (bicyclic) bond motifs is 1. The maximum Gasteiger partial charge on any atom is 0.262 e. The Labute approximate surface area is 136 Å². The van der Waals surface area contributed by atoms with E-state index in [4.69, 9.17) is 0 Å². The van der Waals surface area contributed by atoms with Gasteiger partial charge in [0.25, 0.3) is 5.91 Å². The number of halogens is 1. The molecule has 0 bridgehead atoms. The van der Waals surface area contributed by atoms with Gasteiger partial charge in [-0.15, -0.1) is 0 Å². The summed E-state index contributed by atoms with van der Waals surface area (Å²) in [4.78, 5) is 12.8. The number of rotatable bonds is 2. The highest BCUT2D eigenvalue weighted by atomic mass is 79.9. The predicted octanol–water partition coefficient (Wildman–Crippen LogP) is 3.50. The van der Waals surface area contributed by atoms with Gasteiger partial charge in [-0.25, -0.2) is 8.42 Å². The molecule has 4 nitrogen and oxygen atoms in total. The Kier molecular flexibility index (Phi) is 3.66. The number of hydrogen-bond donors (Lipinski definition) is 0. The van der Waals surface area contributed by atoms with Crippen LogP contribution in [0.1, 0.15) is 10.4 Å². The largest absolute Gasteiger partial charge is 0.283 e. The SMILES string of the molecule is CS(=O)(=O)c1ccc2c(ccn2C(=O)c2ccc(Br)cc2)c1. The van der Waals surface area contributed by atoms with E-state index in [0.29, 0.717) is 16.5 Å². The zero-order valence-electron chi connectivity index (χ0n) is 11.7. The van der Waals surface area contributed by atoms with Gasteiger partial charge in [0.2, 0.25) is 0 Å². The van der Waals surface area contributed by atoms with E-state index in [9.17, 15) is 13.2 Å². The smallest absolute Gasteiger partial charge is 0.262 e. The zero-order chi connectivity index (χ0) is 15.9. The van der Waals surface area contributed by atoms with Crippen LogP contribution in [0.3, 0.4) is 0 Å². The lowest BCUT2D eigenvalue weighted by Crippen LogP contribution is -2.10. The summed E-state index contributed by atoms with van der Waals surface area (Å²) >= 11 is 3.33. The first-order chi connectivity index (χ1) is 10.4. The molecule has 0 saturated heterocycles. The van der Waals surface area contributed by atoms with Crippen LogP contribution in [0.5, 0.6) is 0 Å². The Hall–Kier alpha value is -1.92. The first kappa shape index (κ1) is 15.0. The summed E-state index contributed by atoms with van der Waals surface area (Å²) in [5.41, 5.74) is 1.24. The lowest BCUT2D eigenvalue weighted by atomic mass is 10.2. The van der Waals surface area contributed by atoms with Gasteiger partial charge < -0.3 is 0 Å². The predicted molar refractivity (Wildman–Crippen MR) is 88.9 cm³/mol. The van der Waals surface area contributed by atoms with Crippen LogP contribution in [0.4, 0.5) is 0 Å². The normalized spacial score (nSPS) is 11.7. The summed E-state index contributed by atoms with van der Waals surface area (Å²) in [6.45, 7) is 0. The highest BCUT2D eigenvalue weighted by Crippen LogP contribution is 2.22. The molecule has 3 aromatic rings. The number of benzene rings is 2. The topological polar surface area (TPSA) is 56.1 Å². The Bertz CT molecular complexity index is 972. The summed E-state index contributed by atoms with van der Waals surface area (Å²) in [7, 11) is -3.26. The Morgan fingerprint density at radius 3 is 2.36 bits per heavy atom. The van der Waals surface area contributed by atoms with Crippen LogP contribution in [0.25, 0.3) is 10.9 Å². The van der Waals surface area contributed by atoms with E-state index in [2.05, 4.69) is 15.9 Å². The molecule has 0 fully saturated rings. The third-order valence-electron chi connectivity index (χ3n) is 3.40. The first-order valence-electron chi connectivity index (χ1n) is 6.48. The minimum Gasteiger partial charge on any atom is -0.283 e. The quantitative estimate of drug-likeness (QED) is 0.686. The van der Waals surface area contributed by atoms with E-state index in [0.717, 1.165) is 10.7 Å². The van der Waals surface area contributed by atoms with Crippen LogP contribution in [-0.2, 0) is 9.84 Å². The van der Waals surface area contributed by atoms with Gasteiger partial charge in [0.1, 0.15) is 0 Å². The lowest BCUT2D eigenvalue weighted by molar-refractivity contribution is 0.0965. The average molecular weight is 378 g/mol. The molecule has 6 heteroatoms. The number of sulfone groups is 1. The molecule has 0 radical (unpaired) electrons. The molecular weight excluding hydrogens is 366 g/mol. The van der Waals surface area contributed by atoms with Crippen molar-refractivity contribution >= 4 is 42.6 Å². The van der Waals surface area contributed by atoms with E-state index in [1.54, 1.807) is 48.7 Å². The van der Waals surface area contributed by atoms with Crippen LogP contribution in [0.15, 0.2) is 64.1 Å². The fourth-order valence-electron chi connectivity index (χ4n) is 2.26. The minimum absolute atomic E-state index is 0.158. The lowest BCUT2D eigenvalue weighted by Gasteiger charge is -2.05. The maximum absolute atomic E-state index is 12.5. The molecule has 0 spiro atoms. The maximum atomic E-state index is 12.5. The Balaban J connectivity index is 2.09. The molecule has 0 atom stereocenters. The molecule has 3 rings (SSSR count). The van der Waals surface area contributed by atoms with Crippen molar-refractivity contribution in [1.82, 2.24) is 4.57 Å². The van der Waals surface area contributed by atoms with Gasteiger partial charge in [-0.1, -0.05) is 15.9 Å². The van der Waals surface area contributed by atoms with Crippen molar-refractivity contribution in [3.05, 3.63) is 64.8 Å². The van der Waals surface area contributed by atoms with E-state index in [1.807, 2.05) is 0 Å². The fraction of sp³-hybridized carbons (Fsp3) is 0.0625. The van der Waals surface area contributed by atoms with Crippen molar-refractivity contribution in [3.8, 4) is 0 Å². The number of carbonyl (C=O) groups excluding carboxylic acids is 1. The van der Waals surface area contributed by atoms with E-state index < -0.39 is 9.84 Å². The Morgan fingerprint density at radius 2 is 1.73 bits per heavy atom. The third kappa shape index (κ3) is 2.71. The fourth-order valence-corrected chi connectivity index (χ4v) is 3.18. The second kappa shape index (κ2) is 5.37. The van der Waals surface area contributed by atoms with E-state index >= 15 is 0 Å². The van der Waals surface area contributed by atoms with Crippen molar-refractivity contribution in [3.63, 3.8) is 0 Å². The van der Waals surface area contributed by atoms with Crippen molar-refractivity contribution < 1.29 is 13.2 Å². The molecule has 0 N–H and O–H groups in total. The summed E-state index contributed by atoms with van der Waals surface area (Å²) in [6.07, 6.45) is 2.82. The molecule has 22 heavy (non-hydrogen) atoms. The molecule has 112 valence electrons. The molecule has 1 heterocycles. The van der Waals surface area contributed by atoms with Gasteiger partial charge in [0, 0.05) is 27.9 Å². The number of aromatic nitrogens is 1. The summed E-state index contributed by atoms with van der Waals surface area (Å²) < 4.78 is 25.6. The molecule has 2 aromatic carbocycles. The van der Waals surface area contributed by atoms with Gasteiger partial charge in [-0.05, 0) is 48.5 Å². The minimum atomic E-state index is -3.26. The second-order valence-electron chi connectivity index (χ2n) is 4.99. The molecule has 1 aromatic heterocycles. The molecular formula is C16H12BrNO3S. The van der Waals surface area contributed by atoms with Crippen LogP contribution in [0.2, 0.25) is 0 Å². The first-order valence-corrected chi connectivity index (χ1v) is 9.16. The van der Waals surface area contributed by atoms with Crippen LogP contribution in [-0.4, -0.2) is 25.1 Å². The van der Waals surface area contributed by atoms with Gasteiger partial charge in [0.15, 0.2) is 9.84 Å². The van der Waals surface area contributed by atoms with Gasteiger partial charge in [-0.3, -0.25) is 9.36 Å². The van der Waals surface area contributed by atoms with Crippen molar-refractivity contribution in [2.24, 2.45) is 0 Å². The van der Waals surface area contributed by atoms with Crippen molar-refractivity contribution in [2.75, 3.05) is 6.26 Å². The number of carbonyl (C=O) groups is 1. The zero-order valence-corrected chi connectivity index (χ0v) is 14.1. The Morgan fingerprint density at radius 1 is 1.05 bits per heavy atom. The average Bonchev–Trinajstić information content (AvgIpc) is 2.89. The van der Waals surface area contributed by atoms with Crippen molar-refractivity contribution in [1.29, 1.82) is 0 Å². The molecule has 0 saturated carbocycles. The van der Waals surface area contributed by atoms with Crippen LogP contribution < -0.4 is 0 Å². The highest BCUT2D eigenvalue weighted by molar-refractivity contribution is 9.10. The summed E-state index contributed by atoms with van der Waals surface area (Å²) in [6, 6.07) is 13.6. The summed E-state index contributed by atoms with van der Waals surface area (Å²) in [5, 5.41) is 0.716. The molecule has 0 aliphatic heterocycles. The van der Waals surface area contributed by atoms with Gasteiger partial charge >= 0.3 is 0 Å². The standard InChI is InChI=1S/C16H12BrNO3S/c1-22(20,21)14-6-7-15-12(10-14)8-9-18(15)16(19)11-2-4-13(17)5-3-11/h2-10H,1H3. The van der Waals surface area contributed by atoms with Gasteiger partial charge in [0.05, 0.1) is 10.4 Å². The molecule has 0 aliphatic carbocycles. The monoisotopic (exact) mass is 377 g/mol. The summed E-state index contributed by atoms with van der Waals surface area (Å²) in [5.74, 6) is -0.158. The van der Waals surface area contributed by atoms with Crippen molar-refractivity contribution in [2.45, 2.75) is 4.90 Å². The number of nitrogens with zero attached hydrogens (tertiary/aromatic N) is 1. The van der Waals surface area contributed by atoms with Gasteiger partial charge in [-0.2, -0.15) is 0 Å². The van der Waals surface area contributed by atoms with E-state index in [1.165, 1.54) is 10.6 Å². The van der Waals surface area contributed by atoms with E-state index in [-0.39, 0.29) is 10.8 Å². The molecule has 0 aliphatic rings. The number of hydrogen-bond acceptors (Lipinski definition) is 3. The molecule has 0 amide bonds.